The summed E-state index contributed by atoms with van der Waals surface area (Å²) in [5.41, 5.74) is 3.38. The van der Waals surface area contributed by atoms with Crippen molar-refractivity contribution in [2.45, 2.75) is 13.5 Å². The molecule has 3 aromatic carbocycles. The molecule has 0 fully saturated rings. The number of hydrogen-bond donors (Lipinski definition) is 0. The van der Waals surface area contributed by atoms with Gasteiger partial charge in [-0.2, -0.15) is 0 Å². The highest BCUT2D eigenvalue weighted by molar-refractivity contribution is 6.32. The van der Waals surface area contributed by atoms with Crippen molar-refractivity contribution >= 4 is 40.8 Å². The number of rotatable bonds is 6. The summed E-state index contributed by atoms with van der Waals surface area (Å²) in [7, 11) is 0. The van der Waals surface area contributed by atoms with Crippen LogP contribution in [0.1, 0.15) is 16.7 Å². The van der Waals surface area contributed by atoms with Crippen LogP contribution in [0.5, 0.6) is 5.75 Å². The molecule has 28 heavy (non-hydrogen) atoms. The van der Waals surface area contributed by atoms with Crippen molar-refractivity contribution in [1.29, 1.82) is 0 Å². The molecule has 0 aliphatic carbocycles. The van der Waals surface area contributed by atoms with Gasteiger partial charge in [0.2, 0.25) is 0 Å². The molecule has 0 radical (unpaired) electrons. The first-order chi connectivity index (χ1) is 13.4. The molecule has 0 saturated heterocycles. The Morgan fingerprint density at radius 3 is 2.50 bits per heavy atom. The molecule has 0 amide bonds. The zero-order chi connectivity index (χ0) is 20.1. The number of ether oxygens (including phenoxy) is 1. The number of benzene rings is 3. The maximum absolute atomic E-state index is 10.7. The molecule has 0 saturated carbocycles. The van der Waals surface area contributed by atoms with Crippen molar-refractivity contribution in [3.8, 4) is 5.75 Å². The zero-order valence-electron chi connectivity index (χ0n) is 14.9. The third kappa shape index (κ3) is 4.88. The maximum atomic E-state index is 10.7. The average molecular weight is 415 g/mol. The van der Waals surface area contributed by atoms with Gasteiger partial charge in [0.15, 0.2) is 0 Å². The van der Waals surface area contributed by atoms with Gasteiger partial charge >= 0.3 is 0 Å². The molecule has 0 spiro atoms. The quantitative estimate of drug-likeness (QED) is 0.261. The number of nitro benzene ring substituents is 1. The first-order valence-electron chi connectivity index (χ1n) is 8.39. The molecule has 3 rings (SSSR count). The predicted molar refractivity (Wildman–Crippen MR) is 112 cm³/mol. The van der Waals surface area contributed by atoms with Crippen LogP contribution in [0, 0.1) is 17.0 Å². The van der Waals surface area contributed by atoms with E-state index in [1.165, 1.54) is 12.1 Å². The molecule has 5 nitrogen and oxygen atoms in total. The van der Waals surface area contributed by atoms with Gasteiger partial charge in [0.1, 0.15) is 12.4 Å². The lowest BCUT2D eigenvalue weighted by Gasteiger charge is -2.09. The van der Waals surface area contributed by atoms with Crippen LogP contribution in [0.2, 0.25) is 10.0 Å². The van der Waals surface area contributed by atoms with E-state index in [0.717, 1.165) is 22.4 Å². The minimum atomic E-state index is -0.438. The lowest BCUT2D eigenvalue weighted by Crippen LogP contribution is -1.97. The van der Waals surface area contributed by atoms with Crippen molar-refractivity contribution in [1.82, 2.24) is 0 Å². The van der Waals surface area contributed by atoms with E-state index in [0.29, 0.717) is 15.8 Å². The molecule has 0 aromatic heterocycles. The van der Waals surface area contributed by atoms with Gasteiger partial charge in [-0.15, -0.1) is 0 Å². The topological polar surface area (TPSA) is 64.7 Å². The molecule has 0 bridgehead atoms. The predicted octanol–water partition coefficient (Wildman–Crippen LogP) is 6.54. The number of halogens is 2. The van der Waals surface area contributed by atoms with Crippen molar-refractivity contribution in [2.24, 2.45) is 4.99 Å². The number of nitro groups is 1. The van der Waals surface area contributed by atoms with Gasteiger partial charge in [-0.05, 0) is 66.1 Å². The molecule has 7 heteroatoms. The Kier molecular flexibility index (Phi) is 6.29. The van der Waals surface area contributed by atoms with Crippen molar-refractivity contribution < 1.29 is 9.66 Å². The molecule has 0 aliphatic heterocycles. The van der Waals surface area contributed by atoms with Gasteiger partial charge in [-0.1, -0.05) is 29.3 Å². The monoisotopic (exact) mass is 414 g/mol. The Morgan fingerprint density at radius 1 is 1.07 bits per heavy atom. The van der Waals surface area contributed by atoms with Crippen LogP contribution < -0.4 is 4.74 Å². The van der Waals surface area contributed by atoms with Crippen LogP contribution in [0.25, 0.3) is 0 Å². The summed E-state index contributed by atoms with van der Waals surface area (Å²) in [6, 6.07) is 17.1. The van der Waals surface area contributed by atoms with E-state index in [1.54, 1.807) is 30.5 Å². The largest absolute Gasteiger partial charge is 0.487 e. The van der Waals surface area contributed by atoms with Crippen LogP contribution in [0.15, 0.2) is 65.7 Å². The minimum Gasteiger partial charge on any atom is -0.487 e. The highest BCUT2D eigenvalue weighted by atomic mass is 35.5. The van der Waals surface area contributed by atoms with Crippen LogP contribution in [-0.2, 0) is 6.61 Å². The second kappa shape index (κ2) is 8.87. The molecule has 0 N–H and O–H groups in total. The fourth-order valence-corrected chi connectivity index (χ4v) is 2.88. The number of hydrogen-bond acceptors (Lipinski definition) is 4. The van der Waals surface area contributed by atoms with Crippen LogP contribution in [-0.4, -0.2) is 11.1 Å². The third-order valence-corrected chi connectivity index (χ3v) is 4.79. The smallest absolute Gasteiger partial charge is 0.269 e. The fraction of sp³-hybridized carbons (Fsp3) is 0.0952. The van der Waals surface area contributed by atoms with Gasteiger partial charge in [0.25, 0.3) is 5.69 Å². The molecule has 142 valence electrons. The third-order valence-electron chi connectivity index (χ3n) is 4.09. The Morgan fingerprint density at radius 2 is 1.82 bits per heavy atom. The molecule has 3 aromatic rings. The fourth-order valence-electron chi connectivity index (χ4n) is 2.47. The summed E-state index contributed by atoms with van der Waals surface area (Å²) >= 11 is 12.4. The van der Waals surface area contributed by atoms with E-state index >= 15 is 0 Å². The second-order valence-electron chi connectivity index (χ2n) is 6.04. The minimum absolute atomic E-state index is 0.0420. The van der Waals surface area contributed by atoms with E-state index < -0.39 is 4.92 Å². The average Bonchev–Trinajstić information content (AvgIpc) is 2.68. The first-order valence-corrected chi connectivity index (χ1v) is 9.14. The van der Waals surface area contributed by atoms with Gasteiger partial charge < -0.3 is 4.74 Å². The van der Waals surface area contributed by atoms with Crippen LogP contribution in [0.3, 0.4) is 0 Å². The Balaban J connectivity index is 1.67. The number of aliphatic imine (C=N–C) groups is 1. The van der Waals surface area contributed by atoms with Crippen molar-refractivity contribution in [3.05, 3.63) is 97.5 Å². The SMILES string of the molecule is Cc1c(Cl)cccc1N=Cc1ccc(OCc2ccc([N+](=O)[O-])cc2)c(Cl)c1. The molecule has 0 atom stereocenters. The highest BCUT2D eigenvalue weighted by Crippen LogP contribution is 2.28. The number of nitrogens with zero attached hydrogens (tertiary/aromatic N) is 2. The first kappa shape index (κ1) is 19.9. The second-order valence-corrected chi connectivity index (χ2v) is 6.86. The summed E-state index contributed by atoms with van der Waals surface area (Å²) in [4.78, 5) is 14.7. The standard InChI is InChI=1S/C21H16Cl2N2O3/c1-14-18(22)3-2-4-20(14)24-12-16-7-10-21(19(23)11-16)28-13-15-5-8-17(9-6-15)25(26)27/h2-12H,13H2,1H3. The summed E-state index contributed by atoms with van der Waals surface area (Å²) in [5, 5.41) is 11.8. The van der Waals surface area contributed by atoms with E-state index in [4.69, 9.17) is 27.9 Å². The van der Waals surface area contributed by atoms with Crippen LogP contribution >= 0.6 is 23.2 Å². The summed E-state index contributed by atoms with van der Waals surface area (Å²) in [6.45, 7) is 2.17. The van der Waals surface area contributed by atoms with Gasteiger partial charge in [-0.25, -0.2) is 0 Å². The van der Waals surface area contributed by atoms with E-state index in [-0.39, 0.29) is 12.3 Å². The van der Waals surface area contributed by atoms with Gasteiger partial charge in [-0.3, -0.25) is 15.1 Å². The summed E-state index contributed by atoms with van der Waals surface area (Å²) in [5.74, 6) is 0.524. The lowest BCUT2D eigenvalue weighted by molar-refractivity contribution is -0.384. The summed E-state index contributed by atoms with van der Waals surface area (Å²) in [6.07, 6.45) is 1.71. The molecular weight excluding hydrogens is 399 g/mol. The van der Waals surface area contributed by atoms with E-state index in [2.05, 4.69) is 4.99 Å². The van der Waals surface area contributed by atoms with E-state index in [9.17, 15) is 10.1 Å². The zero-order valence-corrected chi connectivity index (χ0v) is 16.4. The van der Waals surface area contributed by atoms with Gasteiger partial charge in [0, 0.05) is 23.4 Å². The molecule has 0 aliphatic rings. The molecular formula is C21H16Cl2N2O3. The Bertz CT molecular complexity index is 1030. The van der Waals surface area contributed by atoms with E-state index in [1.807, 2.05) is 31.2 Å². The molecule has 0 heterocycles. The normalized spacial score (nSPS) is 11.0. The van der Waals surface area contributed by atoms with Gasteiger partial charge in [0.05, 0.1) is 15.6 Å². The molecule has 0 unspecified atom stereocenters. The maximum Gasteiger partial charge on any atom is 0.269 e. The summed E-state index contributed by atoms with van der Waals surface area (Å²) < 4.78 is 5.71. The van der Waals surface area contributed by atoms with Crippen LogP contribution in [0.4, 0.5) is 11.4 Å². The Hall–Kier alpha value is -2.89. The van der Waals surface area contributed by atoms with Crippen molar-refractivity contribution in [2.75, 3.05) is 0 Å². The van der Waals surface area contributed by atoms with Crippen molar-refractivity contribution in [3.63, 3.8) is 0 Å². The Labute approximate surface area is 172 Å². The highest BCUT2D eigenvalue weighted by Gasteiger charge is 2.06. The number of non-ortho nitro benzene ring substituents is 1. The lowest BCUT2D eigenvalue weighted by atomic mass is 10.2.